The molecule has 1 aromatic rings. The number of carboxylic acids is 1. The van der Waals surface area contributed by atoms with Gasteiger partial charge >= 0.3 is 5.97 Å². The number of nitrogens with zero attached hydrogens (tertiary/aromatic N) is 2. The van der Waals surface area contributed by atoms with Crippen LogP contribution in [0, 0.1) is 0 Å². The predicted molar refractivity (Wildman–Crippen MR) is 66.3 cm³/mol. The molecule has 6 nitrogen and oxygen atoms in total. The molecule has 0 saturated carbocycles. The Hall–Kier alpha value is -1.47. The predicted octanol–water partition coefficient (Wildman–Crippen LogP) is 0.479. The van der Waals surface area contributed by atoms with Gasteiger partial charge < -0.3 is 10.4 Å². The van der Waals surface area contributed by atoms with E-state index in [0.717, 1.165) is 5.01 Å². The van der Waals surface area contributed by atoms with Crippen molar-refractivity contribution in [3.8, 4) is 0 Å². The summed E-state index contributed by atoms with van der Waals surface area (Å²) in [6.07, 6.45) is 1.54. The minimum absolute atomic E-state index is 0.0413. The fraction of sp³-hybridized carbons (Fsp3) is 0.545. The van der Waals surface area contributed by atoms with Crippen LogP contribution in [0.4, 0.5) is 0 Å². The molecule has 1 aromatic heterocycles. The van der Waals surface area contributed by atoms with Crippen LogP contribution in [-0.4, -0.2) is 46.0 Å². The van der Waals surface area contributed by atoms with Gasteiger partial charge in [-0.2, -0.15) is 0 Å². The third kappa shape index (κ3) is 2.68. The topological polar surface area (TPSA) is 82.5 Å². The van der Waals surface area contributed by atoms with Gasteiger partial charge in [0.25, 0.3) is 0 Å². The lowest BCUT2D eigenvalue weighted by atomic mass is 10.1. The number of nitrogens with one attached hydrogen (secondary N) is 1. The van der Waals surface area contributed by atoms with Crippen molar-refractivity contribution in [2.24, 2.45) is 0 Å². The van der Waals surface area contributed by atoms with Crippen molar-refractivity contribution in [3.63, 3.8) is 0 Å². The monoisotopic (exact) mass is 269 g/mol. The molecule has 0 aliphatic carbocycles. The average molecular weight is 269 g/mol. The molecule has 1 aliphatic heterocycles. The molecule has 2 rings (SSSR count). The van der Waals surface area contributed by atoms with E-state index in [1.807, 2.05) is 17.2 Å². The lowest BCUT2D eigenvalue weighted by molar-refractivity contribution is -0.143. The molecule has 1 aliphatic rings. The van der Waals surface area contributed by atoms with Gasteiger partial charge in [0, 0.05) is 24.7 Å². The highest BCUT2D eigenvalue weighted by Gasteiger charge is 2.35. The Morgan fingerprint density at radius 1 is 1.78 bits per heavy atom. The second kappa shape index (κ2) is 5.45. The van der Waals surface area contributed by atoms with E-state index < -0.39 is 12.0 Å². The molecule has 1 saturated heterocycles. The minimum atomic E-state index is -0.964. The maximum atomic E-state index is 11.8. The van der Waals surface area contributed by atoms with Crippen LogP contribution >= 0.6 is 11.3 Å². The van der Waals surface area contributed by atoms with Gasteiger partial charge in [-0.15, -0.1) is 11.3 Å². The van der Waals surface area contributed by atoms with Gasteiger partial charge in [-0.1, -0.05) is 0 Å². The first-order valence-electron chi connectivity index (χ1n) is 5.74. The van der Waals surface area contributed by atoms with E-state index in [1.165, 1.54) is 11.3 Å². The molecule has 1 fully saturated rings. The van der Waals surface area contributed by atoms with Crippen molar-refractivity contribution in [2.45, 2.75) is 25.4 Å². The largest absolute Gasteiger partial charge is 0.481 e. The number of hydrogen-bond acceptors (Lipinski definition) is 5. The lowest BCUT2D eigenvalue weighted by Gasteiger charge is -2.37. The highest BCUT2D eigenvalue weighted by atomic mass is 32.1. The average Bonchev–Trinajstić information content (AvgIpc) is 2.84. The molecule has 0 bridgehead atoms. The van der Waals surface area contributed by atoms with E-state index in [4.69, 9.17) is 5.11 Å². The summed E-state index contributed by atoms with van der Waals surface area (Å²) in [4.78, 5) is 28.8. The summed E-state index contributed by atoms with van der Waals surface area (Å²) in [7, 11) is 0. The highest BCUT2D eigenvalue weighted by Crippen LogP contribution is 2.26. The Morgan fingerprint density at radius 2 is 2.56 bits per heavy atom. The van der Waals surface area contributed by atoms with Gasteiger partial charge in [-0.3, -0.25) is 14.5 Å². The maximum absolute atomic E-state index is 11.8. The molecule has 2 atom stereocenters. The van der Waals surface area contributed by atoms with Crippen LogP contribution in [-0.2, 0) is 9.59 Å². The molecule has 0 aromatic carbocycles. The van der Waals surface area contributed by atoms with E-state index in [9.17, 15) is 9.59 Å². The summed E-state index contributed by atoms with van der Waals surface area (Å²) < 4.78 is 0. The Balaban J connectivity index is 2.17. The normalized spacial score (nSPS) is 22.5. The van der Waals surface area contributed by atoms with E-state index in [0.29, 0.717) is 13.1 Å². The van der Waals surface area contributed by atoms with Gasteiger partial charge in [0.05, 0.1) is 12.5 Å². The van der Waals surface area contributed by atoms with Crippen LogP contribution in [0.2, 0.25) is 0 Å². The van der Waals surface area contributed by atoms with Crippen molar-refractivity contribution in [1.82, 2.24) is 15.2 Å². The summed E-state index contributed by atoms with van der Waals surface area (Å²) in [6.45, 7) is 3.14. The number of aliphatic carboxylic acids is 1. The Bertz CT molecular complexity index is 435. The van der Waals surface area contributed by atoms with Gasteiger partial charge in [0.1, 0.15) is 11.0 Å². The molecular weight excluding hydrogens is 254 g/mol. The van der Waals surface area contributed by atoms with Gasteiger partial charge in [-0.05, 0) is 6.92 Å². The van der Waals surface area contributed by atoms with Crippen LogP contribution in [0.1, 0.15) is 24.4 Å². The van der Waals surface area contributed by atoms with E-state index in [-0.39, 0.29) is 18.4 Å². The summed E-state index contributed by atoms with van der Waals surface area (Å²) in [6, 6.07) is -0.657. The van der Waals surface area contributed by atoms with Crippen LogP contribution in [0.15, 0.2) is 11.6 Å². The first-order chi connectivity index (χ1) is 8.59. The van der Waals surface area contributed by atoms with Crippen molar-refractivity contribution in [3.05, 3.63) is 16.6 Å². The van der Waals surface area contributed by atoms with Crippen molar-refractivity contribution in [2.75, 3.05) is 13.1 Å². The highest BCUT2D eigenvalue weighted by molar-refractivity contribution is 7.09. The molecule has 0 radical (unpaired) electrons. The summed E-state index contributed by atoms with van der Waals surface area (Å²) >= 11 is 1.51. The maximum Gasteiger partial charge on any atom is 0.305 e. The number of aromatic nitrogens is 1. The Morgan fingerprint density at radius 3 is 3.17 bits per heavy atom. The van der Waals surface area contributed by atoms with Crippen LogP contribution in [0.25, 0.3) is 0 Å². The summed E-state index contributed by atoms with van der Waals surface area (Å²) in [5, 5.41) is 14.4. The van der Waals surface area contributed by atoms with E-state index in [1.54, 1.807) is 6.20 Å². The molecule has 7 heteroatoms. The van der Waals surface area contributed by atoms with Crippen LogP contribution in [0.3, 0.4) is 0 Å². The molecule has 0 spiro atoms. The Kier molecular flexibility index (Phi) is 3.93. The molecule has 98 valence electrons. The number of rotatable bonds is 4. The number of carbonyl (C=O) groups excluding carboxylic acids is 1. The van der Waals surface area contributed by atoms with E-state index in [2.05, 4.69) is 10.3 Å². The van der Waals surface area contributed by atoms with E-state index >= 15 is 0 Å². The molecule has 1 amide bonds. The standard InChI is InChI=1S/C11H15N3O3S/c1-7(11-13-3-5-18-11)14-4-2-12-10(17)8(14)6-9(15)16/h3,5,7-8H,2,4,6H2,1H3,(H,12,17)(H,15,16). The SMILES string of the molecule is CC(c1nccs1)N1CCNC(=O)C1CC(=O)O. The number of carbonyl (C=O) groups is 2. The fourth-order valence-electron chi connectivity index (χ4n) is 2.15. The van der Waals surface area contributed by atoms with Crippen molar-refractivity contribution >= 4 is 23.2 Å². The van der Waals surface area contributed by atoms with Gasteiger partial charge in [0.15, 0.2) is 0 Å². The zero-order valence-corrected chi connectivity index (χ0v) is 10.8. The first kappa shape index (κ1) is 13.0. The molecule has 18 heavy (non-hydrogen) atoms. The number of piperazine rings is 1. The van der Waals surface area contributed by atoms with Gasteiger partial charge in [-0.25, -0.2) is 4.98 Å². The second-order valence-corrected chi connectivity index (χ2v) is 5.11. The van der Waals surface area contributed by atoms with Crippen LogP contribution < -0.4 is 5.32 Å². The lowest BCUT2D eigenvalue weighted by Crippen LogP contribution is -2.56. The summed E-state index contributed by atoms with van der Waals surface area (Å²) in [5.41, 5.74) is 0. The first-order valence-corrected chi connectivity index (χ1v) is 6.62. The third-order valence-electron chi connectivity index (χ3n) is 3.05. The number of hydrogen-bond donors (Lipinski definition) is 2. The number of thiazole rings is 1. The molecular formula is C11H15N3O3S. The Labute approximate surface area is 109 Å². The zero-order valence-electron chi connectivity index (χ0n) is 10.00. The van der Waals surface area contributed by atoms with Gasteiger partial charge in [0.2, 0.25) is 5.91 Å². The van der Waals surface area contributed by atoms with Crippen molar-refractivity contribution in [1.29, 1.82) is 0 Å². The fourth-order valence-corrected chi connectivity index (χ4v) is 2.87. The number of amides is 1. The smallest absolute Gasteiger partial charge is 0.305 e. The molecule has 2 unspecified atom stereocenters. The minimum Gasteiger partial charge on any atom is -0.481 e. The third-order valence-corrected chi connectivity index (χ3v) is 3.99. The zero-order chi connectivity index (χ0) is 13.1. The van der Waals surface area contributed by atoms with Crippen LogP contribution in [0.5, 0.6) is 0 Å². The second-order valence-electron chi connectivity index (χ2n) is 4.19. The number of carboxylic acid groups (broad SMARTS) is 1. The molecule has 2 heterocycles. The van der Waals surface area contributed by atoms with Crippen molar-refractivity contribution < 1.29 is 14.7 Å². The quantitative estimate of drug-likeness (QED) is 0.830. The summed E-state index contributed by atoms with van der Waals surface area (Å²) in [5.74, 6) is -1.18. The molecule has 2 N–H and O–H groups in total.